The van der Waals surface area contributed by atoms with E-state index in [1.54, 1.807) is 0 Å². The van der Waals surface area contributed by atoms with Gasteiger partial charge in [-0.15, -0.1) is 0 Å². The van der Waals surface area contributed by atoms with Crippen LogP contribution in [0.4, 0.5) is 0 Å². The molecule has 0 amide bonds. The Labute approximate surface area is 73.4 Å². The maximum absolute atomic E-state index is 9.20. The Balaban J connectivity index is 3.02. The lowest BCUT2D eigenvalue weighted by Crippen LogP contribution is -1.98. The summed E-state index contributed by atoms with van der Waals surface area (Å²) in [5, 5.41) is 9.20. The van der Waals surface area contributed by atoms with Crippen LogP contribution in [-0.4, -0.2) is 5.11 Å². The van der Waals surface area contributed by atoms with Gasteiger partial charge in [0.05, 0.1) is 5.76 Å². The van der Waals surface area contributed by atoms with Crippen molar-refractivity contribution >= 4 is 0 Å². The zero-order valence-electron chi connectivity index (χ0n) is 7.54. The zero-order valence-corrected chi connectivity index (χ0v) is 7.54. The van der Waals surface area contributed by atoms with Gasteiger partial charge in [0.25, 0.3) is 0 Å². The van der Waals surface area contributed by atoms with Gasteiger partial charge in [0.1, 0.15) is 0 Å². The predicted molar refractivity (Wildman–Crippen MR) is 51.4 cm³/mol. The third-order valence-corrected chi connectivity index (χ3v) is 2.15. The number of benzene rings is 1. The van der Waals surface area contributed by atoms with Crippen LogP contribution in [0.25, 0.3) is 0 Å². The fourth-order valence-electron chi connectivity index (χ4n) is 1.25. The maximum atomic E-state index is 9.20. The first-order valence-electron chi connectivity index (χ1n) is 4.06. The van der Waals surface area contributed by atoms with Crippen LogP contribution in [-0.2, 0) is 0 Å². The molecule has 0 bridgehead atoms. The molecule has 0 radical (unpaired) electrons. The normalized spacial score (nSPS) is 12.5. The molecule has 0 spiro atoms. The average molecular weight is 162 g/mol. The van der Waals surface area contributed by atoms with E-state index in [2.05, 4.69) is 6.58 Å². The Hall–Kier alpha value is -1.24. The summed E-state index contributed by atoms with van der Waals surface area (Å²) >= 11 is 0. The molecular weight excluding hydrogens is 148 g/mol. The van der Waals surface area contributed by atoms with Crippen molar-refractivity contribution < 1.29 is 5.11 Å². The van der Waals surface area contributed by atoms with Crippen molar-refractivity contribution in [1.29, 1.82) is 0 Å². The molecule has 12 heavy (non-hydrogen) atoms. The quantitative estimate of drug-likeness (QED) is 0.662. The lowest BCUT2D eigenvalue weighted by Gasteiger charge is -2.12. The molecule has 1 aromatic rings. The number of hydrogen-bond acceptors (Lipinski definition) is 1. The Morgan fingerprint density at radius 3 is 2.50 bits per heavy atom. The summed E-state index contributed by atoms with van der Waals surface area (Å²) in [4.78, 5) is 0. The molecule has 1 N–H and O–H groups in total. The van der Waals surface area contributed by atoms with Gasteiger partial charge in [-0.25, -0.2) is 0 Å². The number of aliphatic hydroxyl groups excluding tert-OH is 1. The van der Waals surface area contributed by atoms with E-state index < -0.39 is 0 Å². The fraction of sp³-hybridized carbons (Fsp3) is 0.273. The van der Waals surface area contributed by atoms with E-state index in [9.17, 15) is 5.11 Å². The number of aliphatic hydroxyl groups is 1. The van der Waals surface area contributed by atoms with Crippen molar-refractivity contribution in [3.63, 3.8) is 0 Å². The molecule has 64 valence electrons. The highest BCUT2D eigenvalue weighted by molar-refractivity contribution is 5.32. The Kier molecular flexibility index (Phi) is 2.54. The fourth-order valence-corrected chi connectivity index (χ4v) is 1.25. The molecule has 0 saturated heterocycles. The minimum Gasteiger partial charge on any atom is -0.512 e. The van der Waals surface area contributed by atoms with Crippen molar-refractivity contribution in [2.24, 2.45) is 0 Å². The highest BCUT2D eigenvalue weighted by atomic mass is 16.3. The number of rotatable bonds is 2. The second-order valence-corrected chi connectivity index (χ2v) is 3.07. The SMILES string of the molecule is C=C(O)C(C)c1ccccc1C. The lowest BCUT2D eigenvalue weighted by atomic mass is 9.95. The molecule has 0 fully saturated rings. The van der Waals surface area contributed by atoms with E-state index in [1.165, 1.54) is 5.56 Å². The molecule has 1 aromatic carbocycles. The van der Waals surface area contributed by atoms with Crippen LogP contribution in [0.3, 0.4) is 0 Å². The van der Waals surface area contributed by atoms with Gasteiger partial charge >= 0.3 is 0 Å². The van der Waals surface area contributed by atoms with Gasteiger partial charge in [-0.05, 0) is 18.1 Å². The van der Waals surface area contributed by atoms with Gasteiger partial charge in [0.15, 0.2) is 0 Å². The van der Waals surface area contributed by atoms with E-state index in [-0.39, 0.29) is 11.7 Å². The van der Waals surface area contributed by atoms with Gasteiger partial charge in [0.2, 0.25) is 0 Å². The topological polar surface area (TPSA) is 20.2 Å². The van der Waals surface area contributed by atoms with Crippen molar-refractivity contribution in [3.8, 4) is 0 Å². The van der Waals surface area contributed by atoms with Crippen LogP contribution in [0.2, 0.25) is 0 Å². The molecule has 1 unspecified atom stereocenters. The molecule has 1 atom stereocenters. The van der Waals surface area contributed by atoms with Gasteiger partial charge < -0.3 is 5.11 Å². The Bertz CT molecular complexity index is 289. The Morgan fingerprint density at radius 2 is 2.00 bits per heavy atom. The van der Waals surface area contributed by atoms with Crippen LogP contribution in [0.15, 0.2) is 36.6 Å². The second kappa shape index (κ2) is 3.44. The summed E-state index contributed by atoms with van der Waals surface area (Å²) in [6.07, 6.45) is 0. The monoisotopic (exact) mass is 162 g/mol. The van der Waals surface area contributed by atoms with Crippen LogP contribution < -0.4 is 0 Å². The van der Waals surface area contributed by atoms with Crippen molar-refractivity contribution in [2.45, 2.75) is 19.8 Å². The minimum absolute atomic E-state index is 0.0335. The van der Waals surface area contributed by atoms with Crippen molar-refractivity contribution in [2.75, 3.05) is 0 Å². The molecule has 0 saturated carbocycles. The number of aryl methyl sites for hydroxylation is 1. The summed E-state index contributed by atoms with van der Waals surface area (Å²) in [5.41, 5.74) is 2.34. The molecule has 0 aliphatic carbocycles. The minimum atomic E-state index is 0.0335. The van der Waals surface area contributed by atoms with Gasteiger partial charge in [-0.2, -0.15) is 0 Å². The first kappa shape index (κ1) is 8.85. The van der Waals surface area contributed by atoms with E-state index in [1.807, 2.05) is 38.1 Å². The van der Waals surface area contributed by atoms with Crippen LogP contribution in [0, 0.1) is 6.92 Å². The summed E-state index contributed by atoms with van der Waals surface area (Å²) in [7, 11) is 0. The van der Waals surface area contributed by atoms with Crippen molar-refractivity contribution in [3.05, 3.63) is 47.7 Å². The van der Waals surface area contributed by atoms with Crippen LogP contribution in [0.5, 0.6) is 0 Å². The summed E-state index contributed by atoms with van der Waals surface area (Å²) < 4.78 is 0. The van der Waals surface area contributed by atoms with Gasteiger partial charge in [0, 0.05) is 5.92 Å². The van der Waals surface area contributed by atoms with Crippen molar-refractivity contribution in [1.82, 2.24) is 0 Å². The van der Waals surface area contributed by atoms with E-state index in [0.717, 1.165) is 5.56 Å². The third-order valence-electron chi connectivity index (χ3n) is 2.15. The summed E-state index contributed by atoms with van der Waals surface area (Å²) in [5.74, 6) is 0.260. The predicted octanol–water partition coefficient (Wildman–Crippen LogP) is 3.17. The molecule has 1 rings (SSSR count). The Morgan fingerprint density at radius 1 is 1.42 bits per heavy atom. The first-order chi connectivity index (χ1) is 5.63. The average Bonchev–Trinajstić information content (AvgIpc) is 2.04. The largest absolute Gasteiger partial charge is 0.512 e. The second-order valence-electron chi connectivity index (χ2n) is 3.07. The van der Waals surface area contributed by atoms with Gasteiger partial charge in [-0.3, -0.25) is 0 Å². The number of hydrogen-bond donors (Lipinski definition) is 1. The first-order valence-corrected chi connectivity index (χ1v) is 4.06. The maximum Gasteiger partial charge on any atom is 0.0923 e. The third kappa shape index (κ3) is 1.67. The summed E-state index contributed by atoms with van der Waals surface area (Å²) in [6.45, 7) is 7.51. The molecule has 1 nitrogen and oxygen atoms in total. The highest BCUT2D eigenvalue weighted by Crippen LogP contribution is 2.23. The zero-order chi connectivity index (χ0) is 9.14. The molecule has 0 aliphatic rings. The van der Waals surface area contributed by atoms with Crippen LogP contribution >= 0.6 is 0 Å². The highest BCUT2D eigenvalue weighted by Gasteiger charge is 2.09. The molecular formula is C11H14O. The van der Waals surface area contributed by atoms with E-state index in [0.29, 0.717) is 0 Å². The van der Waals surface area contributed by atoms with E-state index in [4.69, 9.17) is 0 Å². The molecule has 0 aromatic heterocycles. The molecule has 1 heteroatoms. The van der Waals surface area contributed by atoms with Crippen LogP contribution in [0.1, 0.15) is 24.0 Å². The molecule has 0 heterocycles. The smallest absolute Gasteiger partial charge is 0.0923 e. The number of allylic oxidation sites excluding steroid dienone is 1. The standard InChI is InChI=1S/C11H14O/c1-8-6-4-5-7-11(8)9(2)10(3)12/h4-7,9,12H,3H2,1-2H3. The summed E-state index contributed by atoms with van der Waals surface area (Å²) in [6, 6.07) is 8.02. The van der Waals surface area contributed by atoms with E-state index >= 15 is 0 Å². The lowest BCUT2D eigenvalue weighted by molar-refractivity contribution is 0.377. The molecule has 0 aliphatic heterocycles. The van der Waals surface area contributed by atoms with Gasteiger partial charge in [-0.1, -0.05) is 37.8 Å².